The van der Waals surface area contributed by atoms with Crippen LogP contribution in [0.3, 0.4) is 0 Å². The standard InChI is InChI=1S/C28H41N3O5/c1-18(2)30(19(3)4)14-12-29-28(32)31-13-11-20-15-25(35-7)26(36-8)17-22(20)27(31)21-9-10-23(33-5)24(16-21)34-6/h9-10,15-19,27H,11-14H2,1-8H3,(H,29,32). The van der Waals surface area contributed by atoms with Gasteiger partial charge in [-0.05, 0) is 75.1 Å². The second kappa shape index (κ2) is 12.2. The van der Waals surface area contributed by atoms with Gasteiger partial charge >= 0.3 is 6.03 Å². The predicted molar refractivity (Wildman–Crippen MR) is 142 cm³/mol. The molecule has 0 bridgehead atoms. The van der Waals surface area contributed by atoms with Crippen LogP contribution in [0.1, 0.15) is 50.4 Å². The Morgan fingerprint density at radius 3 is 2.08 bits per heavy atom. The minimum Gasteiger partial charge on any atom is -0.493 e. The largest absolute Gasteiger partial charge is 0.493 e. The molecule has 2 aromatic rings. The molecule has 3 rings (SSSR count). The van der Waals surface area contributed by atoms with Crippen LogP contribution in [0.15, 0.2) is 30.3 Å². The molecule has 1 aliphatic heterocycles. The third kappa shape index (κ3) is 5.81. The highest BCUT2D eigenvalue weighted by Gasteiger charge is 2.34. The van der Waals surface area contributed by atoms with E-state index in [2.05, 4.69) is 37.9 Å². The van der Waals surface area contributed by atoms with Crippen molar-refractivity contribution in [1.29, 1.82) is 0 Å². The smallest absolute Gasteiger partial charge is 0.318 e. The monoisotopic (exact) mass is 499 g/mol. The van der Waals surface area contributed by atoms with Gasteiger partial charge in [0.25, 0.3) is 0 Å². The van der Waals surface area contributed by atoms with Gasteiger partial charge in [0.15, 0.2) is 23.0 Å². The number of carbonyl (C=O) groups excluding carboxylic acids is 1. The molecule has 2 amide bonds. The van der Waals surface area contributed by atoms with E-state index < -0.39 is 0 Å². The number of nitrogens with one attached hydrogen (secondary N) is 1. The first-order valence-corrected chi connectivity index (χ1v) is 12.5. The Hall–Kier alpha value is -3.13. The number of fused-ring (bicyclic) bond motifs is 1. The van der Waals surface area contributed by atoms with E-state index >= 15 is 0 Å². The summed E-state index contributed by atoms with van der Waals surface area (Å²) >= 11 is 0. The van der Waals surface area contributed by atoms with E-state index in [1.165, 1.54) is 0 Å². The molecule has 1 N–H and O–H groups in total. The first-order chi connectivity index (χ1) is 17.2. The van der Waals surface area contributed by atoms with Crippen LogP contribution >= 0.6 is 0 Å². The van der Waals surface area contributed by atoms with E-state index in [4.69, 9.17) is 18.9 Å². The fourth-order valence-corrected chi connectivity index (χ4v) is 5.05. The van der Waals surface area contributed by atoms with Crippen molar-refractivity contribution in [1.82, 2.24) is 15.1 Å². The average molecular weight is 500 g/mol. The van der Waals surface area contributed by atoms with Gasteiger partial charge in [0.05, 0.1) is 34.5 Å². The summed E-state index contributed by atoms with van der Waals surface area (Å²) in [5.74, 6) is 2.58. The van der Waals surface area contributed by atoms with Crippen LogP contribution in [0.25, 0.3) is 0 Å². The Balaban J connectivity index is 1.97. The first-order valence-electron chi connectivity index (χ1n) is 12.5. The highest BCUT2D eigenvalue weighted by molar-refractivity contribution is 5.76. The van der Waals surface area contributed by atoms with Crippen molar-refractivity contribution >= 4 is 6.03 Å². The zero-order valence-corrected chi connectivity index (χ0v) is 22.9. The summed E-state index contributed by atoms with van der Waals surface area (Å²) in [7, 11) is 6.49. The Labute approximate surface area is 215 Å². The number of hydrogen-bond donors (Lipinski definition) is 1. The fourth-order valence-electron chi connectivity index (χ4n) is 5.05. The van der Waals surface area contributed by atoms with Crippen molar-refractivity contribution < 1.29 is 23.7 Å². The molecule has 0 saturated carbocycles. The Morgan fingerprint density at radius 1 is 0.917 bits per heavy atom. The van der Waals surface area contributed by atoms with E-state index in [9.17, 15) is 4.79 Å². The van der Waals surface area contributed by atoms with Crippen LogP contribution in [0, 0.1) is 0 Å². The van der Waals surface area contributed by atoms with Gasteiger partial charge in [-0.1, -0.05) is 6.07 Å². The van der Waals surface area contributed by atoms with Gasteiger partial charge in [-0.25, -0.2) is 4.79 Å². The molecule has 0 aromatic heterocycles. The lowest BCUT2D eigenvalue weighted by atomic mass is 9.87. The second-order valence-corrected chi connectivity index (χ2v) is 9.52. The summed E-state index contributed by atoms with van der Waals surface area (Å²) in [6, 6.07) is 10.2. The summed E-state index contributed by atoms with van der Waals surface area (Å²) in [5.41, 5.74) is 3.07. The van der Waals surface area contributed by atoms with Gasteiger partial charge in [0.2, 0.25) is 0 Å². The zero-order valence-electron chi connectivity index (χ0n) is 22.9. The van der Waals surface area contributed by atoms with E-state index in [0.29, 0.717) is 48.2 Å². The molecule has 0 spiro atoms. The zero-order chi connectivity index (χ0) is 26.4. The van der Waals surface area contributed by atoms with Gasteiger partial charge in [-0.2, -0.15) is 0 Å². The topological polar surface area (TPSA) is 72.5 Å². The molecule has 0 aliphatic carbocycles. The lowest BCUT2D eigenvalue weighted by Gasteiger charge is -2.38. The van der Waals surface area contributed by atoms with Crippen LogP contribution in [0.5, 0.6) is 23.0 Å². The lowest BCUT2D eigenvalue weighted by molar-refractivity contribution is 0.162. The number of benzene rings is 2. The van der Waals surface area contributed by atoms with Gasteiger partial charge in [0, 0.05) is 31.7 Å². The van der Waals surface area contributed by atoms with Crippen LogP contribution < -0.4 is 24.3 Å². The number of hydrogen-bond acceptors (Lipinski definition) is 6. The van der Waals surface area contributed by atoms with Gasteiger partial charge in [-0.15, -0.1) is 0 Å². The SMILES string of the molecule is COc1ccc(C2c3cc(OC)c(OC)cc3CCN2C(=O)NCCN(C(C)C)C(C)C)cc1OC. The lowest BCUT2D eigenvalue weighted by Crippen LogP contribution is -2.49. The second-order valence-electron chi connectivity index (χ2n) is 9.52. The number of urea groups is 1. The molecular formula is C28H41N3O5. The predicted octanol–water partition coefficient (Wildman–Crippen LogP) is 4.50. The van der Waals surface area contributed by atoms with Crippen molar-refractivity contribution in [2.24, 2.45) is 0 Å². The Morgan fingerprint density at radius 2 is 1.50 bits per heavy atom. The molecule has 8 nitrogen and oxygen atoms in total. The molecule has 0 saturated heterocycles. The summed E-state index contributed by atoms with van der Waals surface area (Å²) < 4.78 is 22.2. The number of nitrogens with zero attached hydrogens (tertiary/aromatic N) is 2. The Bertz CT molecular complexity index is 1030. The molecule has 2 aromatic carbocycles. The van der Waals surface area contributed by atoms with Gasteiger partial charge in [-0.3, -0.25) is 4.90 Å². The molecule has 1 atom stereocenters. The van der Waals surface area contributed by atoms with Crippen molar-refractivity contribution in [3.05, 3.63) is 47.0 Å². The van der Waals surface area contributed by atoms with E-state index in [-0.39, 0.29) is 12.1 Å². The summed E-state index contributed by atoms with van der Waals surface area (Å²) in [5, 5.41) is 3.16. The maximum Gasteiger partial charge on any atom is 0.318 e. The number of rotatable bonds is 10. The van der Waals surface area contributed by atoms with E-state index in [1.807, 2.05) is 35.2 Å². The molecule has 36 heavy (non-hydrogen) atoms. The van der Waals surface area contributed by atoms with E-state index in [1.54, 1.807) is 28.4 Å². The number of methoxy groups -OCH3 is 4. The minimum atomic E-state index is -0.320. The quantitative estimate of drug-likeness (QED) is 0.519. The summed E-state index contributed by atoms with van der Waals surface area (Å²) in [6.45, 7) is 10.7. The molecule has 1 aliphatic rings. The third-order valence-corrected chi connectivity index (χ3v) is 6.83. The van der Waals surface area contributed by atoms with Crippen molar-refractivity contribution in [3.8, 4) is 23.0 Å². The Kier molecular flexibility index (Phi) is 9.31. The van der Waals surface area contributed by atoms with Crippen LogP contribution in [0.2, 0.25) is 0 Å². The number of amides is 2. The minimum absolute atomic E-state index is 0.0947. The molecule has 1 heterocycles. The third-order valence-electron chi connectivity index (χ3n) is 6.83. The van der Waals surface area contributed by atoms with Crippen LogP contribution in [-0.4, -0.2) is 76.0 Å². The maximum absolute atomic E-state index is 13.6. The molecule has 0 radical (unpaired) electrons. The molecule has 198 valence electrons. The summed E-state index contributed by atoms with van der Waals surface area (Å²) in [6.07, 6.45) is 0.719. The van der Waals surface area contributed by atoms with Crippen molar-refractivity contribution in [2.75, 3.05) is 48.1 Å². The van der Waals surface area contributed by atoms with Crippen LogP contribution in [-0.2, 0) is 6.42 Å². The molecule has 8 heteroatoms. The fraction of sp³-hybridized carbons (Fsp3) is 0.536. The first kappa shape index (κ1) is 27.5. The van der Waals surface area contributed by atoms with E-state index in [0.717, 1.165) is 29.7 Å². The van der Waals surface area contributed by atoms with Gasteiger partial charge < -0.3 is 29.2 Å². The number of ether oxygens (including phenoxy) is 4. The van der Waals surface area contributed by atoms with Crippen molar-refractivity contribution in [2.45, 2.75) is 52.2 Å². The highest BCUT2D eigenvalue weighted by Crippen LogP contribution is 2.42. The molecular weight excluding hydrogens is 458 g/mol. The van der Waals surface area contributed by atoms with Crippen LogP contribution in [0.4, 0.5) is 4.79 Å². The average Bonchev–Trinajstić information content (AvgIpc) is 2.88. The maximum atomic E-state index is 13.6. The van der Waals surface area contributed by atoms with Crippen molar-refractivity contribution in [3.63, 3.8) is 0 Å². The summed E-state index contributed by atoms with van der Waals surface area (Å²) in [4.78, 5) is 17.8. The molecule has 0 fully saturated rings. The molecule has 1 unspecified atom stereocenters. The van der Waals surface area contributed by atoms with Gasteiger partial charge in [0.1, 0.15) is 0 Å². The normalized spacial score (nSPS) is 15.2. The number of carbonyl (C=O) groups is 1. The highest BCUT2D eigenvalue weighted by atomic mass is 16.5.